The Morgan fingerprint density at radius 3 is 2.52 bits per heavy atom. The molecule has 0 saturated carbocycles. The summed E-state index contributed by atoms with van der Waals surface area (Å²) in [5.41, 5.74) is 5.54. The van der Waals surface area contributed by atoms with Crippen molar-refractivity contribution in [1.82, 2.24) is 0 Å². The molecule has 1 heterocycles. The number of fused-ring (bicyclic) bond motifs is 1. The van der Waals surface area contributed by atoms with Gasteiger partial charge in [0.05, 0.1) is 0 Å². The van der Waals surface area contributed by atoms with Gasteiger partial charge in [0.25, 0.3) is 0 Å². The summed E-state index contributed by atoms with van der Waals surface area (Å²) in [6, 6.07) is 11.4. The van der Waals surface area contributed by atoms with E-state index in [4.69, 9.17) is 0 Å². The molecule has 1 atom stereocenters. The number of anilines is 1. The number of phenols is 1. The first-order valence-corrected chi connectivity index (χ1v) is 7.20. The summed E-state index contributed by atoms with van der Waals surface area (Å²) >= 11 is 0. The Hall–Kier alpha value is -2.29. The maximum atomic E-state index is 11.7. The molecule has 0 radical (unpaired) electrons. The molecule has 2 aromatic rings. The minimum absolute atomic E-state index is 0.262. The van der Waals surface area contributed by atoms with E-state index in [2.05, 4.69) is 36.9 Å². The maximum absolute atomic E-state index is 11.7. The lowest BCUT2D eigenvalue weighted by molar-refractivity contribution is -0.109. The Balaban J connectivity index is 2.05. The van der Waals surface area contributed by atoms with Crippen molar-refractivity contribution in [3.05, 3.63) is 58.7 Å². The van der Waals surface area contributed by atoms with Gasteiger partial charge in [-0.3, -0.25) is 0 Å². The van der Waals surface area contributed by atoms with Gasteiger partial charge in [0.15, 0.2) is 0 Å². The van der Waals surface area contributed by atoms with Gasteiger partial charge in [0.1, 0.15) is 18.1 Å². The summed E-state index contributed by atoms with van der Waals surface area (Å²) < 4.78 is 0. The van der Waals surface area contributed by atoms with Gasteiger partial charge in [0.2, 0.25) is 0 Å². The van der Waals surface area contributed by atoms with Crippen LogP contribution in [0.1, 0.15) is 28.3 Å². The van der Waals surface area contributed by atoms with E-state index in [-0.39, 0.29) is 11.8 Å². The number of carbonyl (C=O) groups is 1. The van der Waals surface area contributed by atoms with E-state index in [1.807, 2.05) is 6.07 Å². The zero-order valence-corrected chi connectivity index (χ0v) is 12.3. The molecule has 108 valence electrons. The average molecular weight is 281 g/mol. The maximum Gasteiger partial charge on any atom is 0.146 e. The highest BCUT2D eigenvalue weighted by Crippen LogP contribution is 2.34. The molecule has 0 aliphatic carbocycles. The highest BCUT2D eigenvalue weighted by atomic mass is 16.3. The van der Waals surface area contributed by atoms with E-state index in [0.29, 0.717) is 0 Å². The summed E-state index contributed by atoms with van der Waals surface area (Å²) in [4.78, 5) is 13.8. The van der Waals surface area contributed by atoms with Crippen molar-refractivity contribution in [3.63, 3.8) is 0 Å². The largest absolute Gasteiger partial charge is 0.508 e. The molecule has 1 aliphatic rings. The molecule has 2 aromatic carbocycles. The number of hydrogen-bond acceptors (Lipinski definition) is 3. The standard InChI is InChI=1S/C18H19NO2/c1-12-7-13(2)9-15(8-12)19-6-5-14-10-16(21)3-4-17(14)18(19)11-20/h3-4,7-11,18,21H,5-6H2,1-2H3. The normalized spacial score (nSPS) is 17.4. The second kappa shape index (κ2) is 5.24. The summed E-state index contributed by atoms with van der Waals surface area (Å²) in [6.45, 7) is 4.92. The number of rotatable bonds is 2. The second-order valence-corrected chi connectivity index (χ2v) is 5.75. The van der Waals surface area contributed by atoms with Gasteiger partial charge in [-0.25, -0.2) is 0 Å². The van der Waals surface area contributed by atoms with Crippen LogP contribution >= 0.6 is 0 Å². The number of aldehydes is 1. The van der Waals surface area contributed by atoms with E-state index in [1.165, 1.54) is 11.1 Å². The smallest absolute Gasteiger partial charge is 0.146 e. The Morgan fingerprint density at radius 2 is 1.86 bits per heavy atom. The number of benzene rings is 2. The Kier molecular flexibility index (Phi) is 3.42. The highest BCUT2D eigenvalue weighted by molar-refractivity contribution is 5.72. The molecule has 3 nitrogen and oxygen atoms in total. The second-order valence-electron chi connectivity index (χ2n) is 5.75. The van der Waals surface area contributed by atoms with Crippen molar-refractivity contribution in [2.45, 2.75) is 26.3 Å². The molecule has 0 aromatic heterocycles. The number of aromatic hydroxyl groups is 1. The molecule has 0 spiro atoms. The lowest BCUT2D eigenvalue weighted by atomic mass is 9.92. The summed E-state index contributed by atoms with van der Waals surface area (Å²) in [7, 11) is 0. The lowest BCUT2D eigenvalue weighted by Crippen LogP contribution is -2.36. The van der Waals surface area contributed by atoms with Crippen molar-refractivity contribution < 1.29 is 9.90 Å². The van der Waals surface area contributed by atoms with Crippen molar-refractivity contribution >= 4 is 12.0 Å². The SMILES string of the molecule is Cc1cc(C)cc(N2CCc3cc(O)ccc3C2C=O)c1. The van der Waals surface area contributed by atoms with Crippen LogP contribution in [0.15, 0.2) is 36.4 Å². The minimum Gasteiger partial charge on any atom is -0.508 e. The summed E-state index contributed by atoms with van der Waals surface area (Å²) in [5.74, 6) is 0.262. The number of hydrogen-bond donors (Lipinski definition) is 1. The van der Waals surface area contributed by atoms with E-state index < -0.39 is 0 Å². The summed E-state index contributed by atoms with van der Waals surface area (Å²) in [6.07, 6.45) is 1.83. The van der Waals surface area contributed by atoms with Gasteiger partial charge in [0, 0.05) is 12.2 Å². The minimum atomic E-state index is -0.282. The first kappa shape index (κ1) is 13.7. The van der Waals surface area contributed by atoms with Gasteiger partial charge in [-0.15, -0.1) is 0 Å². The quantitative estimate of drug-likeness (QED) is 0.859. The predicted octanol–water partition coefficient (Wildman–Crippen LogP) is 3.31. The van der Waals surface area contributed by atoms with E-state index in [0.717, 1.165) is 36.1 Å². The van der Waals surface area contributed by atoms with E-state index in [1.54, 1.807) is 12.1 Å². The zero-order valence-electron chi connectivity index (χ0n) is 12.3. The molecule has 1 aliphatic heterocycles. The van der Waals surface area contributed by atoms with Gasteiger partial charge >= 0.3 is 0 Å². The molecule has 0 fully saturated rings. The molecule has 0 bridgehead atoms. The Bertz CT molecular complexity index is 673. The van der Waals surface area contributed by atoms with Crippen LogP contribution in [0.4, 0.5) is 5.69 Å². The van der Waals surface area contributed by atoms with Crippen LogP contribution in [0.25, 0.3) is 0 Å². The number of carbonyl (C=O) groups excluding carboxylic acids is 1. The van der Waals surface area contributed by atoms with Crippen molar-refractivity contribution in [2.75, 3.05) is 11.4 Å². The molecule has 21 heavy (non-hydrogen) atoms. The van der Waals surface area contributed by atoms with Gasteiger partial charge in [-0.05, 0) is 66.8 Å². The lowest BCUT2D eigenvalue weighted by Gasteiger charge is -2.36. The average Bonchev–Trinajstić information content (AvgIpc) is 2.44. The zero-order chi connectivity index (χ0) is 15.0. The highest BCUT2D eigenvalue weighted by Gasteiger charge is 2.27. The molecule has 1 unspecified atom stereocenters. The third-order valence-electron chi connectivity index (χ3n) is 4.07. The van der Waals surface area contributed by atoms with Crippen LogP contribution in [0.5, 0.6) is 5.75 Å². The van der Waals surface area contributed by atoms with Crippen LogP contribution in [0.3, 0.4) is 0 Å². The summed E-state index contributed by atoms with van der Waals surface area (Å²) in [5, 5.41) is 9.60. The molecular weight excluding hydrogens is 262 g/mol. The molecule has 3 rings (SSSR count). The predicted molar refractivity (Wildman–Crippen MR) is 83.9 cm³/mol. The fourth-order valence-electron chi connectivity index (χ4n) is 3.20. The number of aryl methyl sites for hydroxylation is 2. The van der Waals surface area contributed by atoms with Crippen LogP contribution in [0, 0.1) is 13.8 Å². The third-order valence-corrected chi connectivity index (χ3v) is 4.07. The van der Waals surface area contributed by atoms with Crippen LogP contribution in [-0.4, -0.2) is 17.9 Å². The Morgan fingerprint density at radius 1 is 1.14 bits per heavy atom. The van der Waals surface area contributed by atoms with Crippen LogP contribution in [-0.2, 0) is 11.2 Å². The van der Waals surface area contributed by atoms with E-state index in [9.17, 15) is 9.90 Å². The van der Waals surface area contributed by atoms with E-state index >= 15 is 0 Å². The van der Waals surface area contributed by atoms with Crippen molar-refractivity contribution in [1.29, 1.82) is 0 Å². The molecule has 0 saturated heterocycles. The number of phenolic OH excluding ortho intramolecular Hbond substituents is 1. The molecule has 1 N–H and O–H groups in total. The fourth-order valence-corrected chi connectivity index (χ4v) is 3.20. The molecular formula is C18H19NO2. The topological polar surface area (TPSA) is 40.5 Å². The molecule has 3 heteroatoms. The fraction of sp³-hybridized carbons (Fsp3) is 0.278. The molecule has 0 amide bonds. The van der Waals surface area contributed by atoms with Gasteiger partial charge in [-0.2, -0.15) is 0 Å². The van der Waals surface area contributed by atoms with Crippen molar-refractivity contribution in [3.8, 4) is 5.75 Å². The number of nitrogens with zero attached hydrogens (tertiary/aromatic N) is 1. The van der Waals surface area contributed by atoms with Crippen LogP contribution < -0.4 is 4.90 Å². The first-order valence-electron chi connectivity index (χ1n) is 7.20. The van der Waals surface area contributed by atoms with Gasteiger partial charge < -0.3 is 14.8 Å². The monoisotopic (exact) mass is 281 g/mol. The first-order chi connectivity index (χ1) is 10.1. The Labute approximate surface area is 124 Å². The van der Waals surface area contributed by atoms with Gasteiger partial charge in [-0.1, -0.05) is 12.1 Å². The van der Waals surface area contributed by atoms with Crippen molar-refractivity contribution in [2.24, 2.45) is 0 Å². The van der Waals surface area contributed by atoms with Crippen LogP contribution in [0.2, 0.25) is 0 Å². The third kappa shape index (κ3) is 2.51.